The quantitative estimate of drug-likeness (QED) is 0.372. The number of esters is 1. The molecule has 0 aliphatic rings. The normalized spacial score (nSPS) is 14.1. The number of nitro groups is 1. The molecule has 1 aromatic rings. The lowest BCUT2D eigenvalue weighted by Gasteiger charge is -2.23. The Labute approximate surface area is 137 Å². The lowest BCUT2D eigenvalue weighted by molar-refractivity contribution is -0.384. The minimum atomic E-state index is -0.494. The standard InChI is InChI=1S/C17H26N2O4/c1-11(8-12(2)16(20)23-17(3,4)5)9-13-6-7-14(18)15(10-13)19(21)22/h6-7,10-12H,8-9,18H2,1-5H3. The zero-order valence-electron chi connectivity index (χ0n) is 14.5. The van der Waals surface area contributed by atoms with Crippen LogP contribution in [0.1, 0.15) is 46.6 Å². The molecule has 6 nitrogen and oxygen atoms in total. The Balaban J connectivity index is 2.66. The van der Waals surface area contributed by atoms with Crippen molar-refractivity contribution in [3.8, 4) is 0 Å². The van der Waals surface area contributed by atoms with Gasteiger partial charge in [0.25, 0.3) is 5.69 Å². The fraction of sp³-hybridized carbons (Fsp3) is 0.588. The van der Waals surface area contributed by atoms with Gasteiger partial charge in [-0.25, -0.2) is 0 Å². The maximum absolute atomic E-state index is 12.0. The average molecular weight is 322 g/mol. The Morgan fingerprint density at radius 2 is 1.96 bits per heavy atom. The molecule has 23 heavy (non-hydrogen) atoms. The van der Waals surface area contributed by atoms with Gasteiger partial charge in [0.05, 0.1) is 10.8 Å². The molecule has 128 valence electrons. The van der Waals surface area contributed by atoms with Gasteiger partial charge in [0.2, 0.25) is 0 Å². The van der Waals surface area contributed by atoms with Crippen LogP contribution in [0, 0.1) is 22.0 Å². The number of ether oxygens (including phenoxy) is 1. The summed E-state index contributed by atoms with van der Waals surface area (Å²) in [6.45, 7) is 9.39. The number of rotatable bonds is 6. The van der Waals surface area contributed by atoms with E-state index in [0.717, 1.165) is 5.56 Å². The van der Waals surface area contributed by atoms with E-state index in [1.165, 1.54) is 6.07 Å². The van der Waals surface area contributed by atoms with Crippen molar-refractivity contribution in [2.24, 2.45) is 11.8 Å². The van der Waals surface area contributed by atoms with Gasteiger partial charge in [-0.05, 0) is 51.2 Å². The van der Waals surface area contributed by atoms with Crippen LogP contribution in [0.5, 0.6) is 0 Å². The third-order valence-electron chi connectivity index (χ3n) is 3.44. The zero-order chi connectivity index (χ0) is 17.8. The number of nitrogens with zero attached hydrogens (tertiary/aromatic N) is 1. The van der Waals surface area contributed by atoms with Gasteiger partial charge in [-0.15, -0.1) is 0 Å². The van der Waals surface area contributed by atoms with Gasteiger partial charge in [0.15, 0.2) is 0 Å². The topological polar surface area (TPSA) is 95.5 Å². The van der Waals surface area contributed by atoms with Crippen molar-refractivity contribution >= 4 is 17.3 Å². The molecule has 0 fully saturated rings. The number of nitro benzene ring substituents is 1. The monoisotopic (exact) mass is 322 g/mol. The van der Waals surface area contributed by atoms with Crippen LogP contribution in [0.4, 0.5) is 11.4 Å². The summed E-state index contributed by atoms with van der Waals surface area (Å²) >= 11 is 0. The number of hydrogen-bond acceptors (Lipinski definition) is 5. The highest BCUT2D eigenvalue weighted by molar-refractivity contribution is 5.72. The van der Waals surface area contributed by atoms with E-state index < -0.39 is 10.5 Å². The molecule has 1 rings (SSSR count). The Kier molecular flexibility index (Phi) is 6.12. The van der Waals surface area contributed by atoms with E-state index >= 15 is 0 Å². The third-order valence-corrected chi connectivity index (χ3v) is 3.44. The number of benzene rings is 1. The molecular formula is C17H26N2O4. The van der Waals surface area contributed by atoms with Gasteiger partial charge in [0, 0.05) is 6.07 Å². The second kappa shape index (κ2) is 7.44. The summed E-state index contributed by atoms with van der Waals surface area (Å²) in [4.78, 5) is 22.5. The minimum absolute atomic E-state index is 0.0742. The Bertz CT molecular complexity index is 578. The van der Waals surface area contributed by atoms with Gasteiger partial charge in [-0.1, -0.05) is 19.9 Å². The first-order chi connectivity index (χ1) is 10.5. The summed E-state index contributed by atoms with van der Waals surface area (Å²) in [6, 6.07) is 4.85. The molecule has 0 aliphatic carbocycles. The van der Waals surface area contributed by atoms with Crippen molar-refractivity contribution in [2.75, 3.05) is 5.73 Å². The molecule has 2 atom stereocenters. The molecule has 6 heteroatoms. The van der Waals surface area contributed by atoms with Crippen LogP contribution >= 0.6 is 0 Å². The molecule has 0 saturated carbocycles. The third kappa shape index (κ3) is 6.26. The fourth-order valence-corrected chi connectivity index (χ4v) is 2.46. The second-order valence-electron chi connectivity index (χ2n) is 7.13. The van der Waals surface area contributed by atoms with Crippen LogP contribution < -0.4 is 5.73 Å². The molecule has 2 unspecified atom stereocenters. The number of hydrogen-bond donors (Lipinski definition) is 1. The van der Waals surface area contributed by atoms with E-state index in [4.69, 9.17) is 10.5 Å². The molecule has 1 aromatic carbocycles. The van der Waals surface area contributed by atoms with Gasteiger partial charge in [-0.2, -0.15) is 0 Å². The van der Waals surface area contributed by atoms with E-state index in [1.54, 1.807) is 12.1 Å². The largest absolute Gasteiger partial charge is 0.460 e. The SMILES string of the molecule is CC(Cc1ccc(N)c([N+](=O)[O-])c1)CC(C)C(=O)OC(C)(C)C. The van der Waals surface area contributed by atoms with Crippen molar-refractivity contribution in [2.45, 2.75) is 53.1 Å². The molecule has 0 saturated heterocycles. The molecular weight excluding hydrogens is 296 g/mol. The van der Waals surface area contributed by atoms with Crippen molar-refractivity contribution in [1.82, 2.24) is 0 Å². The van der Waals surface area contributed by atoms with Gasteiger partial charge in [0.1, 0.15) is 11.3 Å². The maximum Gasteiger partial charge on any atom is 0.309 e. The lowest BCUT2D eigenvalue weighted by Crippen LogP contribution is -2.28. The molecule has 0 aliphatic heterocycles. The Morgan fingerprint density at radius 3 is 2.48 bits per heavy atom. The van der Waals surface area contributed by atoms with E-state index in [-0.39, 0.29) is 29.2 Å². The highest BCUT2D eigenvalue weighted by Crippen LogP contribution is 2.26. The molecule has 0 heterocycles. The smallest absolute Gasteiger partial charge is 0.309 e. The van der Waals surface area contributed by atoms with Gasteiger partial charge >= 0.3 is 5.97 Å². The first-order valence-electron chi connectivity index (χ1n) is 7.75. The minimum Gasteiger partial charge on any atom is -0.460 e. The zero-order valence-corrected chi connectivity index (χ0v) is 14.5. The maximum atomic E-state index is 12.0. The predicted molar refractivity (Wildman–Crippen MR) is 90.0 cm³/mol. The van der Waals surface area contributed by atoms with Crippen molar-refractivity contribution in [3.05, 3.63) is 33.9 Å². The number of carbonyl (C=O) groups is 1. The molecule has 0 bridgehead atoms. The summed E-state index contributed by atoms with van der Waals surface area (Å²) in [5, 5.41) is 10.9. The molecule has 0 amide bonds. The molecule has 0 spiro atoms. The second-order valence-corrected chi connectivity index (χ2v) is 7.13. The average Bonchev–Trinajstić information content (AvgIpc) is 2.38. The fourth-order valence-electron chi connectivity index (χ4n) is 2.46. The van der Waals surface area contributed by atoms with Gasteiger partial charge in [-0.3, -0.25) is 14.9 Å². The molecule has 0 radical (unpaired) electrons. The van der Waals surface area contributed by atoms with Crippen LogP contribution in [0.3, 0.4) is 0 Å². The number of nitrogen functional groups attached to an aromatic ring is 1. The first kappa shape index (κ1) is 18.9. The number of anilines is 1. The lowest BCUT2D eigenvalue weighted by atomic mass is 9.91. The summed E-state index contributed by atoms with van der Waals surface area (Å²) < 4.78 is 5.37. The highest BCUT2D eigenvalue weighted by Gasteiger charge is 2.23. The summed E-state index contributed by atoms with van der Waals surface area (Å²) in [5.74, 6) is -0.235. The van der Waals surface area contributed by atoms with Crippen molar-refractivity contribution < 1.29 is 14.5 Å². The summed E-state index contributed by atoms with van der Waals surface area (Å²) in [6.07, 6.45) is 1.31. The van der Waals surface area contributed by atoms with Crippen molar-refractivity contribution in [3.63, 3.8) is 0 Å². The van der Waals surface area contributed by atoms with E-state index in [1.807, 2.05) is 34.6 Å². The number of nitrogens with two attached hydrogens (primary N) is 1. The molecule has 0 aromatic heterocycles. The van der Waals surface area contributed by atoms with Crippen LogP contribution in [0.2, 0.25) is 0 Å². The number of carbonyl (C=O) groups excluding carboxylic acids is 1. The molecule has 2 N–H and O–H groups in total. The van der Waals surface area contributed by atoms with Crippen LogP contribution in [0.25, 0.3) is 0 Å². The Morgan fingerprint density at radius 1 is 1.35 bits per heavy atom. The predicted octanol–water partition coefficient (Wildman–Crippen LogP) is 3.72. The van der Waals surface area contributed by atoms with Crippen molar-refractivity contribution in [1.29, 1.82) is 0 Å². The van der Waals surface area contributed by atoms with E-state index in [9.17, 15) is 14.9 Å². The van der Waals surface area contributed by atoms with Crippen LogP contribution in [0.15, 0.2) is 18.2 Å². The van der Waals surface area contributed by atoms with Crippen LogP contribution in [-0.4, -0.2) is 16.5 Å². The van der Waals surface area contributed by atoms with Crippen LogP contribution in [-0.2, 0) is 16.0 Å². The van der Waals surface area contributed by atoms with Gasteiger partial charge < -0.3 is 10.5 Å². The van der Waals surface area contributed by atoms with E-state index in [2.05, 4.69) is 0 Å². The first-order valence-corrected chi connectivity index (χ1v) is 7.75. The Hall–Kier alpha value is -2.11. The van der Waals surface area contributed by atoms with E-state index in [0.29, 0.717) is 12.8 Å². The summed E-state index contributed by atoms with van der Waals surface area (Å²) in [7, 11) is 0. The highest BCUT2D eigenvalue weighted by atomic mass is 16.6. The summed E-state index contributed by atoms with van der Waals surface area (Å²) in [5.41, 5.74) is 6.03.